The Labute approximate surface area is 100 Å². The molecule has 0 aliphatic carbocycles. The van der Waals surface area contributed by atoms with E-state index in [1.807, 2.05) is 36.3 Å². The van der Waals surface area contributed by atoms with E-state index in [9.17, 15) is 0 Å². The van der Waals surface area contributed by atoms with Gasteiger partial charge in [-0.15, -0.1) is 0 Å². The lowest BCUT2D eigenvalue weighted by Gasteiger charge is -2.13. The number of rotatable bonds is 4. The van der Waals surface area contributed by atoms with Gasteiger partial charge >= 0.3 is 0 Å². The summed E-state index contributed by atoms with van der Waals surface area (Å²) in [6.07, 6.45) is 1.91. The summed E-state index contributed by atoms with van der Waals surface area (Å²) in [6, 6.07) is 6.37. The van der Waals surface area contributed by atoms with E-state index in [2.05, 4.69) is 23.4 Å². The quantitative estimate of drug-likeness (QED) is 0.829. The molecule has 4 heteroatoms. The summed E-state index contributed by atoms with van der Waals surface area (Å²) < 4.78 is 2.22. The van der Waals surface area contributed by atoms with Crippen LogP contribution in [0.2, 0.25) is 0 Å². The number of hydrogen-bond donors (Lipinski definition) is 1. The zero-order chi connectivity index (χ0) is 11.5. The molecule has 1 atom stereocenters. The number of hydrogen-bond acceptors (Lipinski definition) is 3. The average molecular weight is 235 g/mol. The third-order valence-corrected chi connectivity index (χ3v) is 3.76. The molecule has 0 aliphatic heterocycles. The minimum absolute atomic E-state index is 0.471. The second kappa shape index (κ2) is 4.78. The Hall–Kier alpha value is -1.16. The molecule has 0 aliphatic rings. The fourth-order valence-corrected chi connectivity index (χ4v) is 2.51. The fraction of sp³-hybridized carbons (Fsp3) is 0.417. The third kappa shape index (κ3) is 2.16. The van der Waals surface area contributed by atoms with E-state index in [-0.39, 0.29) is 0 Å². The van der Waals surface area contributed by atoms with Gasteiger partial charge in [-0.1, -0.05) is 6.92 Å². The second-order valence-electron chi connectivity index (χ2n) is 3.91. The normalized spacial score (nSPS) is 13.1. The Morgan fingerprint density at radius 3 is 3.06 bits per heavy atom. The Morgan fingerprint density at radius 2 is 2.31 bits per heavy atom. The lowest BCUT2D eigenvalue weighted by Crippen LogP contribution is -2.06. The highest BCUT2D eigenvalue weighted by molar-refractivity contribution is 7.99. The van der Waals surface area contributed by atoms with Crippen molar-refractivity contribution < 1.29 is 0 Å². The Balaban J connectivity index is 2.31. The van der Waals surface area contributed by atoms with Crippen molar-refractivity contribution in [2.24, 2.45) is 0 Å². The summed E-state index contributed by atoms with van der Waals surface area (Å²) in [6.45, 7) is 4.41. The fourth-order valence-electron chi connectivity index (χ4n) is 1.77. The van der Waals surface area contributed by atoms with Crippen molar-refractivity contribution in [1.82, 2.24) is 9.55 Å². The molecule has 0 saturated heterocycles. The van der Waals surface area contributed by atoms with E-state index in [1.54, 1.807) is 0 Å². The SMILES string of the molecule is CCSCC(C)n1cnc2cc(N)ccc21. The zero-order valence-electron chi connectivity index (χ0n) is 9.68. The van der Waals surface area contributed by atoms with E-state index in [1.165, 1.54) is 5.52 Å². The molecule has 16 heavy (non-hydrogen) atoms. The van der Waals surface area contributed by atoms with E-state index in [0.717, 1.165) is 22.7 Å². The molecule has 2 rings (SSSR count). The Morgan fingerprint density at radius 1 is 1.50 bits per heavy atom. The molecule has 0 radical (unpaired) electrons. The number of anilines is 1. The highest BCUT2D eigenvalue weighted by atomic mass is 32.2. The van der Waals surface area contributed by atoms with Crippen molar-refractivity contribution in [2.45, 2.75) is 19.9 Å². The lowest BCUT2D eigenvalue weighted by molar-refractivity contribution is 0.627. The van der Waals surface area contributed by atoms with Crippen molar-refractivity contribution in [3.05, 3.63) is 24.5 Å². The van der Waals surface area contributed by atoms with E-state index < -0.39 is 0 Å². The van der Waals surface area contributed by atoms with Gasteiger partial charge in [0.05, 0.1) is 17.4 Å². The maximum Gasteiger partial charge on any atom is 0.0961 e. The van der Waals surface area contributed by atoms with Crippen LogP contribution in [0.3, 0.4) is 0 Å². The van der Waals surface area contributed by atoms with Crippen molar-refractivity contribution in [3.8, 4) is 0 Å². The van der Waals surface area contributed by atoms with Gasteiger partial charge in [-0.2, -0.15) is 11.8 Å². The largest absolute Gasteiger partial charge is 0.399 e. The molecule has 0 spiro atoms. The van der Waals surface area contributed by atoms with E-state index in [0.29, 0.717) is 6.04 Å². The maximum atomic E-state index is 5.74. The van der Waals surface area contributed by atoms with E-state index in [4.69, 9.17) is 5.73 Å². The van der Waals surface area contributed by atoms with Gasteiger partial charge < -0.3 is 10.3 Å². The van der Waals surface area contributed by atoms with Crippen molar-refractivity contribution in [1.29, 1.82) is 0 Å². The van der Waals surface area contributed by atoms with Crippen LogP contribution >= 0.6 is 11.8 Å². The summed E-state index contributed by atoms with van der Waals surface area (Å²) >= 11 is 1.95. The van der Waals surface area contributed by atoms with Crippen LogP contribution in [0.25, 0.3) is 11.0 Å². The highest BCUT2D eigenvalue weighted by Crippen LogP contribution is 2.22. The Kier molecular flexibility index (Phi) is 3.39. The first-order chi connectivity index (χ1) is 7.72. The molecule has 0 amide bonds. The standard InChI is InChI=1S/C12H17N3S/c1-3-16-7-9(2)15-8-14-11-6-10(13)4-5-12(11)15/h4-6,8-9H,3,7,13H2,1-2H3. The molecule has 1 unspecified atom stereocenters. The number of benzene rings is 1. The second-order valence-corrected chi connectivity index (χ2v) is 5.23. The average Bonchev–Trinajstić information content (AvgIpc) is 2.68. The number of imidazole rings is 1. The number of thioether (sulfide) groups is 1. The predicted octanol–water partition coefficient (Wildman–Crippen LogP) is 2.93. The molecule has 2 aromatic rings. The summed E-state index contributed by atoms with van der Waals surface area (Å²) in [5.74, 6) is 2.27. The van der Waals surface area contributed by atoms with Crippen LogP contribution in [0, 0.1) is 0 Å². The number of nitrogens with zero attached hydrogens (tertiary/aromatic N) is 2. The molecular weight excluding hydrogens is 218 g/mol. The van der Waals surface area contributed by atoms with Gasteiger partial charge in [0.25, 0.3) is 0 Å². The minimum Gasteiger partial charge on any atom is -0.399 e. The van der Waals surface area contributed by atoms with Gasteiger partial charge in [-0.05, 0) is 30.9 Å². The van der Waals surface area contributed by atoms with Crippen molar-refractivity contribution in [3.63, 3.8) is 0 Å². The number of aromatic nitrogens is 2. The van der Waals surface area contributed by atoms with Gasteiger partial charge in [0.2, 0.25) is 0 Å². The van der Waals surface area contributed by atoms with Crippen LogP contribution in [-0.2, 0) is 0 Å². The zero-order valence-corrected chi connectivity index (χ0v) is 10.5. The molecule has 0 saturated carbocycles. The first-order valence-electron chi connectivity index (χ1n) is 5.52. The van der Waals surface area contributed by atoms with E-state index >= 15 is 0 Å². The van der Waals surface area contributed by atoms with Crippen LogP contribution in [0.4, 0.5) is 5.69 Å². The smallest absolute Gasteiger partial charge is 0.0961 e. The van der Waals surface area contributed by atoms with Gasteiger partial charge in [0.1, 0.15) is 0 Å². The Bertz CT molecular complexity index is 478. The number of nitrogen functional groups attached to an aromatic ring is 1. The first kappa shape index (κ1) is 11.3. The number of nitrogens with two attached hydrogens (primary N) is 1. The summed E-state index contributed by atoms with van der Waals surface area (Å²) in [4.78, 5) is 4.38. The third-order valence-electron chi connectivity index (χ3n) is 2.64. The van der Waals surface area contributed by atoms with Gasteiger partial charge in [0, 0.05) is 17.5 Å². The van der Waals surface area contributed by atoms with Crippen molar-refractivity contribution >= 4 is 28.5 Å². The maximum absolute atomic E-state index is 5.74. The summed E-state index contributed by atoms with van der Waals surface area (Å²) in [5, 5.41) is 0. The van der Waals surface area contributed by atoms with Crippen molar-refractivity contribution in [2.75, 3.05) is 17.2 Å². The molecule has 1 heterocycles. The molecule has 2 N–H and O–H groups in total. The summed E-state index contributed by atoms with van der Waals surface area (Å²) in [5.41, 5.74) is 8.65. The van der Waals surface area contributed by atoms with Gasteiger partial charge in [-0.25, -0.2) is 4.98 Å². The molecule has 0 fully saturated rings. The monoisotopic (exact) mass is 235 g/mol. The minimum atomic E-state index is 0.471. The van der Waals surface area contributed by atoms with Crippen LogP contribution in [0.1, 0.15) is 19.9 Å². The molecule has 86 valence electrons. The van der Waals surface area contributed by atoms with Crippen LogP contribution in [-0.4, -0.2) is 21.1 Å². The highest BCUT2D eigenvalue weighted by Gasteiger charge is 2.08. The first-order valence-corrected chi connectivity index (χ1v) is 6.67. The van der Waals surface area contributed by atoms with Crippen LogP contribution < -0.4 is 5.73 Å². The van der Waals surface area contributed by atoms with Gasteiger partial charge in [0.15, 0.2) is 0 Å². The van der Waals surface area contributed by atoms with Crippen LogP contribution in [0.15, 0.2) is 24.5 Å². The molecule has 1 aromatic carbocycles. The predicted molar refractivity (Wildman–Crippen MR) is 71.9 cm³/mol. The van der Waals surface area contributed by atoms with Gasteiger partial charge in [-0.3, -0.25) is 0 Å². The number of fused-ring (bicyclic) bond motifs is 1. The molecular formula is C12H17N3S. The molecule has 1 aromatic heterocycles. The molecule has 0 bridgehead atoms. The lowest BCUT2D eigenvalue weighted by atomic mass is 10.2. The molecule has 3 nitrogen and oxygen atoms in total. The van der Waals surface area contributed by atoms with Crippen LogP contribution in [0.5, 0.6) is 0 Å². The summed E-state index contributed by atoms with van der Waals surface area (Å²) in [7, 11) is 0. The topological polar surface area (TPSA) is 43.8 Å².